The van der Waals surface area contributed by atoms with E-state index in [1.807, 2.05) is 50.0 Å². The van der Waals surface area contributed by atoms with Gasteiger partial charge in [0.1, 0.15) is 45.4 Å². The van der Waals surface area contributed by atoms with Crippen molar-refractivity contribution < 1.29 is 27.5 Å². The number of anilines is 4. The second kappa shape index (κ2) is 25.2. The number of nitriles is 3. The molecule has 10 N–H and O–H groups in total. The number of nitrogens with zero attached hydrogens (tertiary/aromatic N) is 23. The van der Waals surface area contributed by atoms with Gasteiger partial charge in [-0.1, -0.05) is 0 Å². The molecule has 13 heterocycles. The SMILES string of the molecule is CNC(=O)c1cc(-c2cn3nccc3c(-c3cn(C4(CC#N)CC(OC)C4)nc3N)n2)n[nH]1.COC1CC(CC#N)(n2cc(-c3nc(-c4cc(NC(C)=O)n[nH]4)cn4nccc34)c(N)n2)C1.Cn1cc(-c2cn3nccc3c(-c3cn(C4(CC#N)CN(S(C)(=O)=O)C4)nc3N)n2)cn1. The molecule has 12 aromatic rings. The van der Waals surface area contributed by atoms with Crippen LogP contribution in [0.15, 0.2) is 98.5 Å². The number of nitrogen functional groups attached to an aromatic ring is 3. The number of H-pyrrole nitrogens is 2. The molecule has 0 aromatic carbocycles. The van der Waals surface area contributed by atoms with Gasteiger partial charge in [-0.05, 0) is 49.9 Å². The van der Waals surface area contributed by atoms with E-state index in [1.54, 1.807) is 109 Å². The molecule has 500 valence electrons. The highest BCUT2D eigenvalue weighted by Gasteiger charge is 2.51. The molecule has 1 aliphatic heterocycles. The monoisotopic (exact) mass is 1340 g/mol. The number of ether oxygens (including phenoxy) is 2. The molecule has 2 amide bonds. The molecule has 3 fully saturated rings. The number of aromatic amines is 2. The van der Waals surface area contributed by atoms with Crippen molar-refractivity contribution in [3.63, 3.8) is 0 Å². The summed E-state index contributed by atoms with van der Waals surface area (Å²) in [5.41, 5.74) is 27.1. The number of hydrogen-bond donors (Lipinski definition) is 7. The molecule has 0 atom stereocenters. The van der Waals surface area contributed by atoms with E-state index in [1.165, 1.54) is 11.2 Å². The van der Waals surface area contributed by atoms with Crippen LogP contribution >= 0.6 is 0 Å². The Kier molecular flexibility index (Phi) is 16.5. The van der Waals surface area contributed by atoms with Gasteiger partial charge in [0.05, 0.1) is 155 Å². The van der Waals surface area contributed by atoms with E-state index in [2.05, 4.69) is 84.9 Å². The van der Waals surface area contributed by atoms with Gasteiger partial charge in [-0.2, -0.15) is 66.0 Å². The highest BCUT2D eigenvalue weighted by Crippen LogP contribution is 2.47. The number of carbonyl (C=O) groups excluding carboxylic acids is 2. The molecule has 12 aromatic heterocycles. The second-order valence-corrected chi connectivity index (χ2v) is 26.2. The van der Waals surface area contributed by atoms with Crippen molar-refractivity contribution in [2.45, 2.75) is 80.7 Å². The number of aryl methyl sites for hydroxylation is 1. The van der Waals surface area contributed by atoms with Crippen LogP contribution in [0.2, 0.25) is 0 Å². The molecular weight excluding hydrogens is 1280 g/mol. The summed E-state index contributed by atoms with van der Waals surface area (Å²) in [4.78, 5) is 37.7. The van der Waals surface area contributed by atoms with Crippen molar-refractivity contribution in [2.75, 3.05) is 63.1 Å². The van der Waals surface area contributed by atoms with Crippen LogP contribution in [0.5, 0.6) is 0 Å². The van der Waals surface area contributed by atoms with E-state index in [0.717, 1.165) is 28.4 Å². The molecule has 2 aliphatic carbocycles. The number of sulfonamides is 1. The summed E-state index contributed by atoms with van der Waals surface area (Å²) in [6.45, 7) is 1.73. The first kappa shape index (κ1) is 64.5. The van der Waals surface area contributed by atoms with Crippen molar-refractivity contribution in [1.82, 2.24) is 113 Å². The smallest absolute Gasteiger partial charge is 0.269 e. The third-order valence-electron chi connectivity index (χ3n) is 17.8. The molecule has 2 saturated carbocycles. The van der Waals surface area contributed by atoms with Gasteiger partial charge < -0.3 is 37.3 Å². The Hall–Kier alpha value is -12.2. The van der Waals surface area contributed by atoms with Crippen LogP contribution in [-0.2, 0) is 48.0 Å². The van der Waals surface area contributed by atoms with Crippen LogP contribution in [0.4, 0.5) is 23.3 Å². The summed E-state index contributed by atoms with van der Waals surface area (Å²) < 4.78 is 47.9. The summed E-state index contributed by atoms with van der Waals surface area (Å²) in [6.07, 6.45) is 24.1. The Bertz CT molecular complexity index is 5290. The van der Waals surface area contributed by atoms with E-state index in [0.29, 0.717) is 124 Å². The number of fused-ring (bicyclic) bond motifs is 3. The van der Waals surface area contributed by atoms with Crippen molar-refractivity contribution in [3.8, 4) is 86.0 Å². The number of aromatic nitrogens is 21. The Morgan fingerprint density at radius 1 is 0.633 bits per heavy atom. The van der Waals surface area contributed by atoms with E-state index in [-0.39, 0.29) is 49.4 Å². The average molecular weight is 1350 g/mol. The Morgan fingerprint density at radius 3 is 1.54 bits per heavy atom. The van der Waals surface area contributed by atoms with Crippen LogP contribution in [0.3, 0.4) is 0 Å². The van der Waals surface area contributed by atoms with Gasteiger partial charge in [0.25, 0.3) is 5.91 Å². The van der Waals surface area contributed by atoms with Crippen LogP contribution in [-0.4, -0.2) is 181 Å². The van der Waals surface area contributed by atoms with E-state index in [4.69, 9.17) is 41.6 Å². The number of nitrogens with one attached hydrogen (secondary N) is 4. The predicted octanol–water partition coefficient (Wildman–Crippen LogP) is 3.74. The quantitative estimate of drug-likeness (QED) is 0.0682. The van der Waals surface area contributed by atoms with Crippen molar-refractivity contribution >= 4 is 61.7 Å². The zero-order chi connectivity index (χ0) is 69.0. The topological polar surface area (TPSA) is 483 Å². The maximum Gasteiger partial charge on any atom is 0.269 e. The van der Waals surface area contributed by atoms with Gasteiger partial charge in [-0.15, -0.1) is 0 Å². The molecule has 15 rings (SSSR count). The number of rotatable bonds is 17. The lowest BCUT2D eigenvalue weighted by molar-refractivity contribution is -0.114. The minimum atomic E-state index is -3.35. The molecule has 0 unspecified atom stereocenters. The largest absolute Gasteiger partial charge is 0.382 e. The molecule has 0 radical (unpaired) electrons. The van der Waals surface area contributed by atoms with Gasteiger partial charge in [0.2, 0.25) is 15.9 Å². The van der Waals surface area contributed by atoms with Gasteiger partial charge in [0.15, 0.2) is 23.3 Å². The highest BCUT2D eigenvalue weighted by atomic mass is 32.2. The van der Waals surface area contributed by atoms with Crippen molar-refractivity contribution in [1.29, 1.82) is 15.8 Å². The first-order valence-corrected chi connectivity index (χ1v) is 32.3. The fourth-order valence-electron chi connectivity index (χ4n) is 12.5. The maximum absolute atomic E-state index is 11.9. The number of hydrogen-bond acceptors (Lipinski definition) is 24. The van der Waals surface area contributed by atoms with Gasteiger partial charge in [-0.25, -0.2) is 36.9 Å². The standard InChI is InChI=1S/2C21H22N10O2.C19H20N10O2S/c1-24-20(32)15-7-14(27-28-15)16-11-30-17(3-6-25-30)18(26-16)13-10-31(29-19(13)23)21(4-5-22)8-12(9-21)33-2;1-12(32)25-18-7-15(27-28-18)16-11-30-17(3-6-24-30)19(26-16)14-10-31(29-20(14)23)21(4-5-22)8-13(9-21)33-2;1-26-8-13(7-23-26)15-10-28-16(3-6-22-28)17(24-15)14-9-29(25-18(14)21)19(4-5-20)11-27(12-19)32(2,30)31/h3,6-7,10-12H,4,8-9H2,1-2H3,(H2,23,29)(H,24,32)(H,27,28);3,6-7,10-11,13H,4,8-9H2,1-2H3,(H2,23,29)(H2,25,27,28,32);3,6-10H,4,11-12H2,1-2H3,(H2,21,25). The van der Waals surface area contributed by atoms with Crippen LogP contribution in [0, 0.1) is 34.0 Å². The lowest BCUT2D eigenvalue weighted by Crippen LogP contribution is -2.63. The third kappa shape index (κ3) is 11.8. The fraction of sp³-hybridized carbons (Fsp3) is 0.328. The van der Waals surface area contributed by atoms with Crippen LogP contribution < -0.4 is 27.8 Å². The minimum Gasteiger partial charge on any atom is -0.382 e. The molecule has 1 saturated heterocycles. The number of carbonyl (C=O) groups is 2. The van der Waals surface area contributed by atoms with Crippen molar-refractivity contribution in [2.24, 2.45) is 7.05 Å². The molecule has 37 heteroatoms. The Labute approximate surface area is 556 Å². The number of methoxy groups -OCH3 is 2. The fourth-order valence-corrected chi connectivity index (χ4v) is 13.5. The molecule has 98 heavy (non-hydrogen) atoms. The van der Waals surface area contributed by atoms with Crippen LogP contribution in [0.25, 0.3) is 84.4 Å². The average Bonchev–Trinajstić information content (AvgIpc) is 1.48. The normalized spacial score (nSPS) is 18.6. The molecule has 0 bridgehead atoms. The maximum atomic E-state index is 11.9. The number of amides is 2. The third-order valence-corrected chi connectivity index (χ3v) is 19.0. The lowest BCUT2D eigenvalue weighted by Gasteiger charge is -2.47. The molecule has 0 spiro atoms. The predicted molar refractivity (Wildman–Crippen MR) is 352 cm³/mol. The highest BCUT2D eigenvalue weighted by molar-refractivity contribution is 7.88. The second-order valence-electron chi connectivity index (χ2n) is 24.3. The molecule has 36 nitrogen and oxygen atoms in total. The van der Waals surface area contributed by atoms with E-state index >= 15 is 0 Å². The first-order valence-electron chi connectivity index (χ1n) is 30.4. The first-order chi connectivity index (χ1) is 47.1. The zero-order valence-corrected chi connectivity index (χ0v) is 54.4. The summed E-state index contributed by atoms with van der Waals surface area (Å²) in [5, 5.41) is 78.0. The minimum absolute atomic E-state index is 0.0874. The number of nitrogens with two attached hydrogens (primary N) is 3. The summed E-state index contributed by atoms with van der Waals surface area (Å²) in [7, 11) is 3.35. The molecule has 3 aliphatic rings. The molecular formula is C61H64N30O6S. The van der Waals surface area contributed by atoms with Gasteiger partial charge >= 0.3 is 0 Å². The zero-order valence-electron chi connectivity index (χ0n) is 53.6. The van der Waals surface area contributed by atoms with E-state index in [9.17, 15) is 33.8 Å². The van der Waals surface area contributed by atoms with E-state index < -0.39 is 26.6 Å². The van der Waals surface area contributed by atoms with Gasteiger partial charge in [-0.3, -0.25) is 38.5 Å². The summed E-state index contributed by atoms with van der Waals surface area (Å²) in [6, 6.07) is 15.5. The Morgan fingerprint density at radius 2 is 1.09 bits per heavy atom. The van der Waals surface area contributed by atoms with Gasteiger partial charge in [0, 0.05) is 84.7 Å². The summed E-state index contributed by atoms with van der Waals surface area (Å²) >= 11 is 0. The van der Waals surface area contributed by atoms with Crippen LogP contribution in [0.1, 0.15) is 62.4 Å². The van der Waals surface area contributed by atoms with Crippen molar-refractivity contribution in [3.05, 3.63) is 104 Å². The summed E-state index contributed by atoms with van der Waals surface area (Å²) in [5.74, 6) is 0.738. The lowest BCUT2D eigenvalue weighted by atomic mass is 9.72. The Balaban J connectivity index is 0.000000132.